The maximum atomic E-state index is 13.3. The molecule has 0 aliphatic carbocycles. The molecular formula is C23H27N3O4. The van der Waals surface area contributed by atoms with Gasteiger partial charge in [-0.3, -0.25) is 19.3 Å². The van der Waals surface area contributed by atoms with Gasteiger partial charge in [-0.1, -0.05) is 80.4 Å². The van der Waals surface area contributed by atoms with Crippen molar-refractivity contribution in [2.75, 3.05) is 6.54 Å². The van der Waals surface area contributed by atoms with Crippen LogP contribution in [0.3, 0.4) is 0 Å². The second kappa shape index (κ2) is 10.0. The Morgan fingerprint density at radius 3 is 2.27 bits per heavy atom. The highest BCUT2D eigenvalue weighted by Crippen LogP contribution is 2.27. The standard InChI is InChI=1S/C23H27N3O4/c1-2-3-14-23(17-25(18-27)30-16-20-12-8-5-9-13-20)21(28)26(22(29)24-23)15-19-10-6-4-7-11-19/h4-13,18H,2-3,14-17H2,1H3,(H,24,29)/t23-/m0/s1. The van der Waals surface area contributed by atoms with E-state index in [9.17, 15) is 14.4 Å². The fourth-order valence-electron chi connectivity index (χ4n) is 3.53. The molecule has 158 valence electrons. The van der Waals surface area contributed by atoms with E-state index < -0.39 is 11.6 Å². The van der Waals surface area contributed by atoms with E-state index in [0.717, 1.165) is 29.0 Å². The number of hydrogen-bond acceptors (Lipinski definition) is 4. The van der Waals surface area contributed by atoms with Crippen LogP contribution in [-0.4, -0.2) is 40.4 Å². The fraction of sp³-hybridized carbons (Fsp3) is 0.348. The number of amides is 4. The first-order valence-electron chi connectivity index (χ1n) is 10.1. The number of hydroxylamine groups is 2. The Morgan fingerprint density at radius 2 is 1.67 bits per heavy atom. The zero-order chi connectivity index (χ0) is 21.4. The molecule has 1 N–H and O–H groups in total. The van der Waals surface area contributed by atoms with Gasteiger partial charge in [0.25, 0.3) is 5.91 Å². The van der Waals surface area contributed by atoms with Crippen LogP contribution in [0.1, 0.15) is 37.3 Å². The smallest absolute Gasteiger partial charge is 0.321 e. The summed E-state index contributed by atoms with van der Waals surface area (Å²) in [6, 6.07) is 18.3. The molecule has 2 aromatic rings. The van der Waals surface area contributed by atoms with Crippen LogP contribution in [0.5, 0.6) is 0 Å². The predicted molar refractivity (Wildman–Crippen MR) is 112 cm³/mol. The number of hydrogen-bond donors (Lipinski definition) is 1. The van der Waals surface area contributed by atoms with Crippen molar-refractivity contribution < 1.29 is 19.2 Å². The first-order chi connectivity index (χ1) is 14.6. The van der Waals surface area contributed by atoms with Crippen LogP contribution in [0.25, 0.3) is 0 Å². The summed E-state index contributed by atoms with van der Waals surface area (Å²) in [4.78, 5) is 44.5. The van der Waals surface area contributed by atoms with Crippen LogP contribution in [-0.2, 0) is 27.6 Å². The van der Waals surface area contributed by atoms with Gasteiger partial charge in [0.15, 0.2) is 0 Å². The normalized spacial score (nSPS) is 18.4. The number of rotatable bonds is 11. The Kier molecular flexibility index (Phi) is 7.19. The maximum Gasteiger partial charge on any atom is 0.325 e. The minimum Gasteiger partial charge on any atom is -0.321 e. The van der Waals surface area contributed by atoms with Crippen LogP contribution in [0.15, 0.2) is 60.7 Å². The fourth-order valence-corrected chi connectivity index (χ4v) is 3.53. The molecule has 1 aliphatic heterocycles. The van der Waals surface area contributed by atoms with Crippen molar-refractivity contribution in [3.05, 3.63) is 71.8 Å². The molecule has 1 aliphatic rings. The molecule has 3 rings (SSSR count). The summed E-state index contributed by atoms with van der Waals surface area (Å²) < 4.78 is 0. The number of benzene rings is 2. The number of carbonyl (C=O) groups is 3. The molecule has 7 nitrogen and oxygen atoms in total. The third-order valence-electron chi connectivity index (χ3n) is 5.17. The van der Waals surface area contributed by atoms with Gasteiger partial charge in [0.05, 0.1) is 13.1 Å². The first-order valence-corrected chi connectivity index (χ1v) is 10.1. The van der Waals surface area contributed by atoms with Crippen molar-refractivity contribution in [3.63, 3.8) is 0 Å². The van der Waals surface area contributed by atoms with Crippen molar-refractivity contribution in [3.8, 4) is 0 Å². The van der Waals surface area contributed by atoms with Crippen molar-refractivity contribution in [1.29, 1.82) is 0 Å². The largest absolute Gasteiger partial charge is 0.325 e. The lowest BCUT2D eigenvalue weighted by Gasteiger charge is -2.31. The van der Waals surface area contributed by atoms with Gasteiger partial charge in [-0.15, -0.1) is 0 Å². The minimum absolute atomic E-state index is 0.0425. The molecule has 1 atom stereocenters. The Labute approximate surface area is 176 Å². The van der Waals surface area contributed by atoms with Gasteiger partial charge < -0.3 is 5.32 Å². The van der Waals surface area contributed by atoms with E-state index in [1.807, 2.05) is 67.6 Å². The SMILES string of the molecule is CCCC[C@@]1(CN(C=O)OCc2ccccc2)NC(=O)N(Cc2ccccc2)C1=O. The summed E-state index contributed by atoms with van der Waals surface area (Å²) in [5.74, 6) is -0.333. The highest BCUT2D eigenvalue weighted by Gasteiger charge is 2.51. The van der Waals surface area contributed by atoms with Crippen LogP contribution < -0.4 is 5.32 Å². The van der Waals surface area contributed by atoms with E-state index in [1.165, 1.54) is 4.90 Å². The highest BCUT2D eigenvalue weighted by atomic mass is 16.7. The molecule has 30 heavy (non-hydrogen) atoms. The molecule has 4 amide bonds. The molecule has 0 unspecified atom stereocenters. The Balaban J connectivity index is 1.74. The second-order valence-electron chi connectivity index (χ2n) is 7.43. The van der Waals surface area contributed by atoms with Crippen LogP contribution in [0.4, 0.5) is 4.79 Å². The number of urea groups is 1. The van der Waals surface area contributed by atoms with Crippen molar-refractivity contribution in [2.45, 2.75) is 44.9 Å². The zero-order valence-electron chi connectivity index (χ0n) is 17.1. The maximum absolute atomic E-state index is 13.3. The molecule has 0 spiro atoms. The molecule has 1 heterocycles. The lowest BCUT2D eigenvalue weighted by atomic mass is 9.92. The Bertz CT molecular complexity index is 859. The van der Waals surface area contributed by atoms with Crippen LogP contribution in [0.2, 0.25) is 0 Å². The van der Waals surface area contributed by atoms with E-state index in [1.54, 1.807) is 0 Å². The van der Waals surface area contributed by atoms with Crippen LogP contribution in [0, 0.1) is 0 Å². The van der Waals surface area contributed by atoms with Gasteiger partial charge in [-0.25, -0.2) is 9.86 Å². The monoisotopic (exact) mass is 409 g/mol. The molecule has 2 aromatic carbocycles. The average molecular weight is 409 g/mol. The summed E-state index contributed by atoms with van der Waals surface area (Å²) in [6.07, 6.45) is 2.57. The minimum atomic E-state index is -1.19. The van der Waals surface area contributed by atoms with Gasteiger partial charge in [0, 0.05) is 0 Å². The highest BCUT2D eigenvalue weighted by molar-refractivity contribution is 6.07. The molecule has 7 heteroatoms. The van der Waals surface area contributed by atoms with Gasteiger partial charge in [-0.2, -0.15) is 0 Å². The van der Waals surface area contributed by atoms with E-state index in [2.05, 4.69) is 5.32 Å². The summed E-state index contributed by atoms with van der Waals surface area (Å²) in [6.45, 7) is 2.35. The lowest BCUT2D eigenvalue weighted by molar-refractivity contribution is -0.184. The lowest BCUT2D eigenvalue weighted by Crippen LogP contribution is -2.55. The van der Waals surface area contributed by atoms with Gasteiger partial charge in [-0.05, 0) is 17.5 Å². The molecule has 0 bridgehead atoms. The summed E-state index contributed by atoms with van der Waals surface area (Å²) in [5.41, 5.74) is 0.568. The summed E-state index contributed by atoms with van der Waals surface area (Å²) in [5, 5.41) is 3.95. The summed E-state index contributed by atoms with van der Waals surface area (Å²) in [7, 11) is 0. The summed E-state index contributed by atoms with van der Waals surface area (Å²) >= 11 is 0. The Hall–Kier alpha value is -3.19. The molecular weight excluding hydrogens is 382 g/mol. The Morgan fingerprint density at radius 1 is 1.03 bits per heavy atom. The number of nitrogens with one attached hydrogen (secondary N) is 1. The van der Waals surface area contributed by atoms with Gasteiger partial charge >= 0.3 is 6.03 Å². The number of carbonyl (C=O) groups excluding carboxylic acids is 3. The quantitative estimate of drug-likeness (QED) is 0.351. The predicted octanol–water partition coefficient (Wildman–Crippen LogP) is 3.26. The third-order valence-corrected chi connectivity index (χ3v) is 5.17. The van der Waals surface area contributed by atoms with E-state index in [4.69, 9.17) is 4.84 Å². The van der Waals surface area contributed by atoms with E-state index in [-0.39, 0.29) is 25.6 Å². The molecule has 0 aromatic heterocycles. The topological polar surface area (TPSA) is 79.0 Å². The number of imide groups is 1. The number of unbranched alkanes of at least 4 members (excludes halogenated alkanes) is 1. The van der Waals surface area contributed by atoms with Crippen molar-refractivity contribution in [1.82, 2.24) is 15.3 Å². The zero-order valence-corrected chi connectivity index (χ0v) is 17.1. The molecule has 0 radical (unpaired) electrons. The van der Waals surface area contributed by atoms with Crippen molar-refractivity contribution in [2.24, 2.45) is 0 Å². The van der Waals surface area contributed by atoms with Crippen molar-refractivity contribution >= 4 is 18.3 Å². The van der Waals surface area contributed by atoms with Crippen LogP contribution >= 0.6 is 0 Å². The van der Waals surface area contributed by atoms with E-state index >= 15 is 0 Å². The average Bonchev–Trinajstić information content (AvgIpc) is 3.01. The molecule has 1 saturated heterocycles. The van der Waals surface area contributed by atoms with E-state index in [0.29, 0.717) is 12.8 Å². The van der Waals surface area contributed by atoms with Gasteiger partial charge in [0.1, 0.15) is 12.1 Å². The first kappa shape index (κ1) is 21.5. The number of nitrogens with zero attached hydrogens (tertiary/aromatic N) is 2. The third kappa shape index (κ3) is 5.04. The molecule has 0 saturated carbocycles. The molecule has 1 fully saturated rings. The van der Waals surface area contributed by atoms with Gasteiger partial charge in [0.2, 0.25) is 6.41 Å². The second-order valence-corrected chi connectivity index (χ2v) is 7.43.